The van der Waals surface area contributed by atoms with Gasteiger partial charge in [0.25, 0.3) is 0 Å². The minimum atomic E-state index is -0.627. The third-order valence-electron chi connectivity index (χ3n) is 4.46. The van der Waals surface area contributed by atoms with Crippen molar-refractivity contribution >= 4 is 11.8 Å². The third-order valence-corrected chi connectivity index (χ3v) is 4.46. The second-order valence-corrected chi connectivity index (χ2v) is 6.02. The molecule has 0 radical (unpaired) electrons. The molecule has 4 heteroatoms. The zero-order valence-corrected chi connectivity index (χ0v) is 10.9. The van der Waals surface area contributed by atoms with Crippen LogP contribution in [0.4, 0.5) is 0 Å². The van der Waals surface area contributed by atoms with Gasteiger partial charge in [-0.05, 0) is 32.1 Å². The van der Waals surface area contributed by atoms with Gasteiger partial charge in [-0.2, -0.15) is 0 Å². The smallest absolute Gasteiger partial charge is 0.245 e. The molecule has 2 N–H and O–H groups in total. The standard InChI is InChI=1S/C13H22N2O2/c1-4-12(2,3)10(16)15-13-7-5-9(6-8-13)14-11(13)17/h9H,4-8H2,1-3H3,(H,14,17)(H,15,16). The van der Waals surface area contributed by atoms with Crippen molar-refractivity contribution in [2.24, 2.45) is 5.41 Å². The van der Waals surface area contributed by atoms with E-state index in [9.17, 15) is 9.59 Å². The normalized spacial score (nSPS) is 32.2. The summed E-state index contributed by atoms with van der Waals surface area (Å²) in [6, 6.07) is 0.334. The third kappa shape index (κ3) is 2.05. The van der Waals surface area contributed by atoms with Gasteiger partial charge < -0.3 is 10.6 Å². The molecule has 3 fully saturated rings. The summed E-state index contributed by atoms with van der Waals surface area (Å²) in [6.07, 6.45) is 4.32. The largest absolute Gasteiger partial charge is 0.351 e. The fourth-order valence-electron chi connectivity index (χ4n) is 2.53. The van der Waals surface area contributed by atoms with E-state index in [2.05, 4.69) is 10.6 Å². The van der Waals surface area contributed by atoms with Crippen molar-refractivity contribution in [1.82, 2.24) is 10.6 Å². The Kier molecular flexibility index (Phi) is 2.92. The van der Waals surface area contributed by atoms with E-state index in [1.165, 1.54) is 0 Å². The highest BCUT2D eigenvalue weighted by atomic mass is 16.2. The second kappa shape index (κ2) is 4.00. The molecule has 3 rings (SSSR count). The van der Waals surface area contributed by atoms with Gasteiger partial charge in [0.1, 0.15) is 5.54 Å². The van der Waals surface area contributed by atoms with Gasteiger partial charge in [0.2, 0.25) is 11.8 Å². The van der Waals surface area contributed by atoms with Gasteiger partial charge in [0.15, 0.2) is 0 Å². The van der Waals surface area contributed by atoms with E-state index in [-0.39, 0.29) is 11.8 Å². The summed E-state index contributed by atoms with van der Waals surface area (Å²) in [5.41, 5.74) is -1.03. The second-order valence-electron chi connectivity index (χ2n) is 6.02. The Morgan fingerprint density at radius 1 is 1.47 bits per heavy atom. The van der Waals surface area contributed by atoms with E-state index in [4.69, 9.17) is 0 Å². The van der Waals surface area contributed by atoms with E-state index in [0.717, 1.165) is 32.1 Å². The Morgan fingerprint density at radius 2 is 2.06 bits per heavy atom. The van der Waals surface area contributed by atoms with Crippen LogP contribution in [0.5, 0.6) is 0 Å². The molecule has 96 valence electrons. The van der Waals surface area contributed by atoms with Gasteiger partial charge >= 0.3 is 0 Å². The van der Waals surface area contributed by atoms with Crippen molar-refractivity contribution in [2.75, 3.05) is 0 Å². The number of amides is 2. The minimum Gasteiger partial charge on any atom is -0.351 e. The predicted molar refractivity (Wildman–Crippen MR) is 65.3 cm³/mol. The lowest BCUT2D eigenvalue weighted by atomic mass is 9.73. The van der Waals surface area contributed by atoms with Gasteiger partial charge in [-0.1, -0.05) is 20.8 Å². The van der Waals surface area contributed by atoms with Crippen LogP contribution in [-0.4, -0.2) is 23.4 Å². The molecule has 2 aliphatic heterocycles. The molecule has 2 saturated heterocycles. The Morgan fingerprint density at radius 3 is 2.53 bits per heavy atom. The summed E-state index contributed by atoms with van der Waals surface area (Å²) in [5, 5.41) is 5.99. The first-order valence-corrected chi connectivity index (χ1v) is 6.53. The van der Waals surface area contributed by atoms with Crippen molar-refractivity contribution in [3.05, 3.63) is 0 Å². The van der Waals surface area contributed by atoms with Crippen LogP contribution in [0, 0.1) is 5.41 Å². The SMILES string of the molecule is CCC(C)(C)C(=O)NC12CCC(CC1)NC2=O. The summed E-state index contributed by atoms with van der Waals surface area (Å²) >= 11 is 0. The quantitative estimate of drug-likeness (QED) is 0.779. The number of carbonyl (C=O) groups excluding carboxylic acids is 2. The molecule has 0 atom stereocenters. The van der Waals surface area contributed by atoms with Crippen LogP contribution in [-0.2, 0) is 9.59 Å². The number of hydrogen-bond donors (Lipinski definition) is 2. The highest BCUT2D eigenvalue weighted by Gasteiger charge is 2.49. The molecule has 2 amide bonds. The monoisotopic (exact) mass is 238 g/mol. The molecule has 1 aliphatic carbocycles. The molecule has 0 aromatic rings. The van der Waals surface area contributed by atoms with E-state index in [1.54, 1.807) is 0 Å². The Bertz CT molecular complexity index is 341. The summed E-state index contributed by atoms with van der Waals surface area (Å²) in [6.45, 7) is 5.84. The Balaban J connectivity index is 2.11. The van der Waals surface area contributed by atoms with Gasteiger partial charge in [0.05, 0.1) is 0 Å². The molecule has 0 unspecified atom stereocenters. The summed E-state index contributed by atoms with van der Waals surface area (Å²) in [5.74, 6) is 0.00996. The van der Waals surface area contributed by atoms with E-state index < -0.39 is 11.0 Å². The number of nitrogens with one attached hydrogen (secondary N) is 2. The first-order chi connectivity index (χ1) is 7.89. The van der Waals surface area contributed by atoms with E-state index in [0.29, 0.717) is 6.04 Å². The molecular weight excluding hydrogens is 216 g/mol. The van der Waals surface area contributed by atoms with Gasteiger partial charge in [0, 0.05) is 11.5 Å². The molecule has 17 heavy (non-hydrogen) atoms. The highest BCUT2D eigenvalue weighted by molar-refractivity contribution is 5.94. The number of hydrogen-bond acceptors (Lipinski definition) is 2. The Hall–Kier alpha value is -1.06. The summed E-state index contributed by atoms with van der Waals surface area (Å²) in [7, 11) is 0. The fraction of sp³-hybridized carbons (Fsp3) is 0.846. The number of fused-ring (bicyclic) bond motifs is 3. The molecule has 0 aromatic carbocycles. The molecule has 1 saturated carbocycles. The molecule has 2 bridgehead atoms. The first-order valence-electron chi connectivity index (χ1n) is 6.53. The number of piperidine rings is 2. The lowest BCUT2D eigenvalue weighted by Gasteiger charge is -2.46. The molecule has 4 nitrogen and oxygen atoms in total. The Labute approximate surface area is 103 Å². The average Bonchev–Trinajstić information content (AvgIpc) is 2.31. The van der Waals surface area contributed by atoms with Gasteiger partial charge in [-0.3, -0.25) is 9.59 Å². The van der Waals surface area contributed by atoms with Crippen molar-refractivity contribution in [1.29, 1.82) is 0 Å². The first kappa shape index (κ1) is 12.4. The van der Waals surface area contributed by atoms with Crippen molar-refractivity contribution in [3.63, 3.8) is 0 Å². The average molecular weight is 238 g/mol. The van der Waals surface area contributed by atoms with Crippen LogP contribution in [0.15, 0.2) is 0 Å². The molecule has 3 aliphatic rings. The maximum Gasteiger partial charge on any atom is 0.245 e. The van der Waals surface area contributed by atoms with Crippen LogP contribution >= 0.6 is 0 Å². The maximum absolute atomic E-state index is 12.2. The lowest BCUT2D eigenvalue weighted by Crippen LogP contribution is -2.68. The number of rotatable bonds is 3. The maximum atomic E-state index is 12.2. The fourth-order valence-corrected chi connectivity index (χ4v) is 2.53. The van der Waals surface area contributed by atoms with E-state index >= 15 is 0 Å². The van der Waals surface area contributed by atoms with E-state index in [1.807, 2.05) is 20.8 Å². The highest BCUT2D eigenvalue weighted by Crippen LogP contribution is 2.35. The summed E-state index contributed by atoms with van der Waals surface area (Å²) in [4.78, 5) is 24.2. The van der Waals surface area contributed by atoms with Crippen molar-refractivity contribution in [2.45, 2.75) is 64.5 Å². The van der Waals surface area contributed by atoms with Crippen LogP contribution < -0.4 is 10.6 Å². The molecule has 0 aromatic heterocycles. The van der Waals surface area contributed by atoms with Crippen molar-refractivity contribution < 1.29 is 9.59 Å². The molecule has 2 heterocycles. The molecular formula is C13H22N2O2. The predicted octanol–water partition coefficient (Wildman–Crippen LogP) is 1.35. The topological polar surface area (TPSA) is 58.2 Å². The zero-order chi connectivity index (χ0) is 12.7. The number of carbonyl (C=O) groups is 2. The lowest BCUT2D eigenvalue weighted by molar-refractivity contribution is -0.143. The minimum absolute atomic E-state index is 0.00417. The van der Waals surface area contributed by atoms with Crippen LogP contribution in [0.2, 0.25) is 0 Å². The molecule has 0 spiro atoms. The van der Waals surface area contributed by atoms with Gasteiger partial charge in [-0.25, -0.2) is 0 Å². The summed E-state index contributed by atoms with van der Waals surface area (Å²) < 4.78 is 0. The van der Waals surface area contributed by atoms with Gasteiger partial charge in [-0.15, -0.1) is 0 Å². The zero-order valence-electron chi connectivity index (χ0n) is 10.9. The van der Waals surface area contributed by atoms with Crippen LogP contribution in [0.25, 0.3) is 0 Å². The van der Waals surface area contributed by atoms with Crippen molar-refractivity contribution in [3.8, 4) is 0 Å². The van der Waals surface area contributed by atoms with Crippen LogP contribution in [0.1, 0.15) is 52.9 Å². The van der Waals surface area contributed by atoms with Crippen LogP contribution in [0.3, 0.4) is 0 Å².